The van der Waals surface area contributed by atoms with E-state index < -0.39 is 0 Å². The zero-order valence-corrected chi connectivity index (χ0v) is 14.5. The lowest BCUT2D eigenvalue weighted by Gasteiger charge is -2.29. The highest BCUT2D eigenvalue weighted by Crippen LogP contribution is 2.19. The second kappa shape index (κ2) is 8.73. The van der Waals surface area contributed by atoms with Gasteiger partial charge in [0.2, 0.25) is 0 Å². The predicted molar refractivity (Wildman–Crippen MR) is 95.6 cm³/mol. The Bertz CT molecular complexity index is 515. The predicted octanol–water partition coefficient (Wildman–Crippen LogP) is 3.04. The Morgan fingerprint density at radius 1 is 1.26 bits per heavy atom. The van der Waals surface area contributed by atoms with Crippen LogP contribution in [0.3, 0.4) is 0 Å². The fraction of sp³-hybridized carbons (Fsp3) is 0.526. The molecule has 0 unspecified atom stereocenters. The molecule has 0 radical (unpaired) electrons. The third kappa shape index (κ3) is 5.39. The molecule has 0 atom stereocenters. The van der Waals surface area contributed by atoms with E-state index in [1.165, 1.54) is 11.3 Å². The Labute approximate surface area is 139 Å². The molecule has 1 aromatic carbocycles. The quantitative estimate of drug-likeness (QED) is 0.755. The van der Waals surface area contributed by atoms with Gasteiger partial charge in [-0.25, -0.2) is 0 Å². The Balaban J connectivity index is 1.75. The molecule has 1 fully saturated rings. The van der Waals surface area contributed by atoms with E-state index in [4.69, 9.17) is 4.74 Å². The Kier molecular flexibility index (Phi) is 6.66. The van der Waals surface area contributed by atoms with Crippen LogP contribution < -0.4 is 4.90 Å². The summed E-state index contributed by atoms with van der Waals surface area (Å²) >= 11 is 0. The van der Waals surface area contributed by atoms with Gasteiger partial charge in [-0.05, 0) is 50.6 Å². The van der Waals surface area contributed by atoms with E-state index in [0.717, 1.165) is 32.5 Å². The normalized spacial score (nSPS) is 16.7. The van der Waals surface area contributed by atoms with E-state index in [-0.39, 0.29) is 11.9 Å². The van der Waals surface area contributed by atoms with Crippen molar-refractivity contribution in [1.82, 2.24) is 4.90 Å². The largest absolute Gasteiger partial charge is 0.466 e. The molecule has 0 saturated carbocycles. The van der Waals surface area contributed by atoms with Crippen LogP contribution in [0.4, 0.5) is 5.69 Å². The lowest BCUT2D eigenvalue weighted by molar-refractivity contribution is -0.149. The van der Waals surface area contributed by atoms with Gasteiger partial charge < -0.3 is 9.64 Å². The first kappa shape index (κ1) is 17.5. The average Bonchev–Trinajstić information content (AvgIpc) is 2.56. The lowest BCUT2D eigenvalue weighted by Crippen LogP contribution is -2.36. The first-order chi connectivity index (χ1) is 11.1. The lowest BCUT2D eigenvalue weighted by atomic mass is 9.97. The fourth-order valence-corrected chi connectivity index (χ4v) is 2.83. The smallest absolute Gasteiger partial charge is 0.309 e. The van der Waals surface area contributed by atoms with Crippen molar-refractivity contribution in [1.29, 1.82) is 0 Å². The SMILES string of the molecule is CCOC(=O)C1CCN(C/C=C/c2ccc(N(C)C)cc2)CC1. The van der Waals surface area contributed by atoms with E-state index in [9.17, 15) is 4.79 Å². The summed E-state index contributed by atoms with van der Waals surface area (Å²) in [5, 5.41) is 0. The summed E-state index contributed by atoms with van der Waals surface area (Å²) in [6, 6.07) is 8.53. The van der Waals surface area contributed by atoms with Gasteiger partial charge in [0.25, 0.3) is 0 Å². The maximum Gasteiger partial charge on any atom is 0.309 e. The number of ether oxygens (including phenoxy) is 1. The summed E-state index contributed by atoms with van der Waals surface area (Å²) in [7, 11) is 4.09. The van der Waals surface area contributed by atoms with Gasteiger partial charge in [-0.3, -0.25) is 9.69 Å². The third-order valence-electron chi connectivity index (χ3n) is 4.29. The van der Waals surface area contributed by atoms with Crippen molar-refractivity contribution in [3.8, 4) is 0 Å². The van der Waals surface area contributed by atoms with Crippen LogP contribution in [0, 0.1) is 5.92 Å². The molecule has 4 nitrogen and oxygen atoms in total. The van der Waals surface area contributed by atoms with Gasteiger partial charge in [0.15, 0.2) is 0 Å². The minimum absolute atomic E-state index is 0.0244. The number of nitrogens with zero attached hydrogens (tertiary/aromatic N) is 2. The molecule has 1 aliphatic heterocycles. The van der Waals surface area contributed by atoms with E-state index >= 15 is 0 Å². The van der Waals surface area contributed by atoms with Crippen molar-refractivity contribution in [2.45, 2.75) is 19.8 Å². The molecular formula is C19H28N2O2. The summed E-state index contributed by atoms with van der Waals surface area (Å²) in [4.78, 5) is 16.2. The van der Waals surface area contributed by atoms with Crippen LogP contribution in [0.25, 0.3) is 6.08 Å². The van der Waals surface area contributed by atoms with E-state index in [2.05, 4.69) is 46.2 Å². The van der Waals surface area contributed by atoms with Gasteiger partial charge in [-0.2, -0.15) is 0 Å². The number of carbonyl (C=O) groups excluding carboxylic acids is 1. The minimum Gasteiger partial charge on any atom is -0.466 e. The molecule has 0 aliphatic carbocycles. The van der Waals surface area contributed by atoms with Crippen LogP contribution in [-0.4, -0.2) is 51.2 Å². The zero-order valence-electron chi connectivity index (χ0n) is 14.5. The summed E-state index contributed by atoms with van der Waals surface area (Å²) in [5.41, 5.74) is 2.43. The minimum atomic E-state index is -0.0244. The Morgan fingerprint density at radius 3 is 2.48 bits per heavy atom. The second-order valence-electron chi connectivity index (χ2n) is 6.22. The highest BCUT2D eigenvalue weighted by Gasteiger charge is 2.25. The van der Waals surface area contributed by atoms with Crippen molar-refractivity contribution in [2.24, 2.45) is 5.92 Å². The van der Waals surface area contributed by atoms with Crippen LogP contribution in [-0.2, 0) is 9.53 Å². The number of piperidine rings is 1. The molecule has 1 heterocycles. The standard InChI is InChI=1S/C19H28N2O2/c1-4-23-19(22)17-11-14-21(15-12-17)13-5-6-16-7-9-18(10-8-16)20(2)3/h5-10,17H,4,11-15H2,1-3H3/b6-5+. The maximum absolute atomic E-state index is 11.7. The molecule has 23 heavy (non-hydrogen) atoms. The van der Waals surface area contributed by atoms with Gasteiger partial charge in [-0.15, -0.1) is 0 Å². The topological polar surface area (TPSA) is 32.8 Å². The van der Waals surface area contributed by atoms with Crippen LogP contribution in [0.2, 0.25) is 0 Å². The zero-order chi connectivity index (χ0) is 16.7. The molecule has 4 heteroatoms. The number of esters is 1. The van der Waals surface area contributed by atoms with E-state index in [1.807, 2.05) is 21.0 Å². The number of benzene rings is 1. The Morgan fingerprint density at radius 2 is 1.91 bits per heavy atom. The molecule has 0 bridgehead atoms. The van der Waals surface area contributed by atoms with Crippen LogP contribution >= 0.6 is 0 Å². The number of rotatable bonds is 6. The molecule has 0 spiro atoms. The van der Waals surface area contributed by atoms with Crippen molar-refractivity contribution < 1.29 is 9.53 Å². The summed E-state index contributed by atoms with van der Waals surface area (Å²) < 4.78 is 5.11. The number of carbonyl (C=O) groups is 1. The summed E-state index contributed by atoms with van der Waals surface area (Å²) in [6.07, 6.45) is 6.18. The first-order valence-corrected chi connectivity index (χ1v) is 8.43. The van der Waals surface area contributed by atoms with Gasteiger partial charge in [0, 0.05) is 26.3 Å². The highest BCUT2D eigenvalue weighted by molar-refractivity contribution is 5.72. The van der Waals surface area contributed by atoms with Gasteiger partial charge in [0.1, 0.15) is 0 Å². The van der Waals surface area contributed by atoms with Crippen molar-refractivity contribution in [3.63, 3.8) is 0 Å². The fourth-order valence-electron chi connectivity index (χ4n) is 2.83. The molecule has 0 amide bonds. The maximum atomic E-state index is 11.7. The summed E-state index contributed by atoms with van der Waals surface area (Å²) in [6.45, 7) is 5.21. The average molecular weight is 316 g/mol. The van der Waals surface area contributed by atoms with E-state index in [1.54, 1.807) is 0 Å². The molecule has 126 valence electrons. The second-order valence-corrected chi connectivity index (χ2v) is 6.22. The van der Waals surface area contributed by atoms with Gasteiger partial charge in [0.05, 0.1) is 12.5 Å². The molecule has 0 aromatic heterocycles. The van der Waals surface area contributed by atoms with Gasteiger partial charge in [-0.1, -0.05) is 24.3 Å². The molecule has 0 N–H and O–H groups in total. The molecule has 2 rings (SSSR count). The highest BCUT2D eigenvalue weighted by atomic mass is 16.5. The first-order valence-electron chi connectivity index (χ1n) is 8.43. The van der Waals surface area contributed by atoms with Crippen molar-refractivity contribution >= 4 is 17.7 Å². The van der Waals surface area contributed by atoms with Crippen LogP contribution in [0.15, 0.2) is 30.3 Å². The molecule has 1 aliphatic rings. The monoisotopic (exact) mass is 316 g/mol. The Hall–Kier alpha value is -1.81. The van der Waals surface area contributed by atoms with Crippen LogP contribution in [0.1, 0.15) is 25.3 Å². The number of hydrogen-bond donors (Lipinski definition) is 0. The molecule has 1 saturated heterocycles. The van der Waals surface area contributed by atoms with Gasteiger partial charge >= 0.3 is 5.97 Å². The number of likely N-dealkylation sites (tertiary alicyclic amines) is 1. The van der Waals surface area contributed by atoms with Crippen molar-refractivity contribution in [3.05, 3.63) is 35.9 Å². The number of hydrogen-bond acceptors (Lipinski definition) is 4. The third-order valence-corrected chi connectivity index (χ3v) is 4.29. The van der Waals surface area contributed by atoms with Crippen LogP contribution in [0.5, 0.6) is 0 Å². The number of anilines is 1. The van der Waals surface area contributed by atoms with Crippen molar-refractivity contribution in [2.75, 3.05) is 45.2 Å². The molecule has 1 aromatic rings. The molecular weight excluding hydrogens is 288 g/mol. The summed E-state index contributed by atoms with van der Waals surface area (Å²) in [5.74, 6) is 0.0671. The van der Waals surface area contributed by atoms with E-state index in [0.29, 0.717) is 6.61 Å².